The van der Waals surface area contributed by atoms with Gasteiger partial charge >= 0.3 is 7.12 Å². The monoisotopic (exact) mass is 152 g/mol. The fourth-order valence-corrected chi connectivity index (χ4v) is 0.761. The zero-order valence-corrected chi connectivity index (χ0v) is 6.01. The number of hydrogen-bond acceptors (Lipinski definition) is 2. The van der Waals surface area contributed by atoms with E-state index in [0.717, 1.165) is 5.56 Å². The maximum atomic E-state index is 8.48. The summed E-state index contributed by atoms with van der Waals surface area (Å²) in [5.41, 5.74) is 0.959. The number of hydrogen-bond donors (Lipinski definition) is 2. The van der Waals surface area contributed by atoms with Gasteiger partial charge in [-0.15, -0.1) is 0 Å². The Bertz CT molecular complexity index is 239. The molecule has 1 aromatic rings. The molecule has 0 bridgehead atoms. The smallest absolute Gasteiger partial charge is 0.424 e. The zero-order valence-electron chi connectivity index (χ0n) is 6.01. The van der Waals surface area contributed by atoms with Crippen LogP contribution in [0.3, 0.4) is 0 Å². The molecule has 0 heterocycles. The molecule has 0 saturated heterocycles. The molecule has 1 aromatic carbocycles. The van der Waals surface area contributed by atoms with E-state index in [0.29, 0.717) is 0 Å². The summed E-state index contributed by atoms with van der Waals surface area (Å²) in [6, 6.07) is 9.47. The van der Waals surface area contributed by atoms with Crippen molar-refractivity contribution in [1.82, 2.24) is 0 Å². The van der Waals surface area contributed by atoms with Crippen LogP contribution in [0.4, 0.5) is 0 Å². The summed E-state index contributed by atoms with van der Waals surface area (Å²) in [6.45, 7) is 0. The molecule has 0 aliphatic carbocycles. The minimum Gasteiger partial charge on any atom is -0.424 e. The third kappa shape index (κ3) is 3.02. The van der Waals surface area contributed by atoms with Crippen LogP contribution in [0.2, 0.25) is 0 Å². The fraction of sp³-hybridized carbons (Fsp3) is 0. The third-order valence-electron chi connectivity index (χ3n) is 1.26. The molecule has 0 spiro atoms. The largest absolute Gasteiger partial charge is 0.480 e. The molecule has 0 saturated carbocycles. The van der Waals surface area contributed by atoms with Crippen molar-refractivity contribution in [3.05, 3.63) is 41.9 Å². The van der Waals surface area contributed by atoms with Gasteiger partial charge in [0.05, 0.1) is 0 Å². The van der Waals surface area contributed by atoms with E-state index in [9.17, 15) is 0 Å². The molecule has 2 nitrogen and oxygen atoms in total. The average molecular weight is 152 g/mol. The first-order valence-corrected chi connectivity index (χ1v) is 3.38. The first-order chi connectivity index (χ1) is 5.29. The van der Waals surface area contributed by atoms with Gasteiger partial charge in [0, 0.05) is 2.85 Å². The van der Waals surface area contributed by atoms with Crippen LogP contribution in [0.1, 0.15) is 8.42 Å². The van der Waals surface area contributed by atoms with Crippen molar-refractivity contribution in [3.63, 3.8) is 0 Å². The lowest BCUT2D eigenvalue weighted by Gasteiger charge is -1.90. The molecule has 60 valence electrons. The van der Waals surface area contributed by atoms with Crippen molar-refractivity contribution in [2.75, 3.05) is 0 Å². The van der Waals surface area contributed by atoms with Gasteiger partial charge < -0.3 is 10.0 Å². The maximum Gasteiger partial charge on any atom is 0.480 e. The lowest BCUT2D eigenvalue weighted by atomic mass is 9.91. The summed E-state index contributed by atoms with van der Waals surface area (Å²) in [4.78, 5) is 0. The number of rotatable bonds is 2. The second-order valence-corrected chi connectivity index (χ2v) is 2.18. The molecule has 2 N–H and O–H groups in total. The fourth-order valence-electron chi connectivity index (χ4n) is 0.761. The van der Waals surface area contributed by atoms with E-state index in [1.54, 1.807) is 6.08 Å². The lowest BCUT2D eigenvalue weighted by Crippen LogP contribution is -2.05. The average Bonchev–Trinajstić information content (AvgIpc) is 2.03. The van der Waals surface area contributed by atoms with Crippen molar-refractivity contribution in [2.45, 2.75) is 0 Å². The Morgan fingerprint density at radius 3 is 2.36 bits per heavy atom. The Labute approximate surface area is 68.9 Å². The first-order valence-electron chi connectivity index (χ1n) is 3.38. The van der Waals surface area contributed by atoms with Crippen LogP contribution in [0.15, 0.2) is 36.3 Å². The normalized spacial score (nSPS) is 10.4. The SMILES string of the molecule is OB(O)/C=C/c1ccccc1.[HH].[HH]. The molecular weight excluding hydrogens is 139 g/mol. The van der Waals surface area contributed by atoms with E-state index in [-0.39, 0.29) is 2.85 Å². The van der Waals surface area contributed by atoms with E-state index in [1.807, 2.05) is 30.3 Å². The van der Waals surface area contributed by atoms with Gasteiger partial charge in [-0.3, -0.25) is 0 Å². The van der Waals surface area contributed by atoms with Crippen LogP contribution in [0.25, 0.3) is 6.08 Å². The molecular formula is C8H13BO2. The van der Waals surface area contributed by atoms with Crippen molar-refractivity contribution < 1.29 is 12.9 Å². The Hall–Kier alpha value is -1.06. The summed E-state index contributed by atoms with van der Waals surface area (Å²) < 4.78 is 0. The van der Waals surface area contributed by atoms with Crippen LogP contribution in [-0.2, 0) is 0 Å². The molecule has 0 aromatic heterocycles. The van der Waals surface area contributed by atoms with E-state index >= 15 is 0 Å². The molecule has 1 rings (SSSR count). The Morgan fingerprint density at radius 2 is 1.82 bits per heavy atom. The van der Waals surface area contributed by atoms with Crippen LogP contribution in [0.5, 0.6) is 0 Å². The highest BCUT2D eigenvalue weighted by molar-refractivity contribution is 6.48. The molecule has 11 heavy (non-hydrogen) atoms. The van der Waals surface area contributed by atoms with Gasteiger partial charge in [-0.05, 0) is 5.56 Å². The van der Waals surface area contributed by atoms with Gasteiger partial charge in [-0.1, -0.05) is 42.4 Å². The summed E-state index contributed by atoms with van der Waals surface area (Å²) in [7, 11) is -1.37. The molecule has 0 aliphatic heterocycles. The zero-order chi connectivity index (χ0) is 8.10. The van der Waals surface area contributed by atoms with Gasteiger partial charge in [-0.25, -0.2) is 0 Å². The van der Waals surface area contributed by atoms with Gasteiger partial charge in [-0.2, -0.15) is 0 Å². The molecule has 0 atom stereocenters. The third-order valence-corrected chi connectivity index (χ3v) is 1.26. The predicted molar refractivity (Wildman–Crippen MR) is 49.9 cm³/mol. The molecule has 0 radical (unpaired) electrons. The van der Waals surface area contributed by atoms with Crippen LogP contribution in [0, 0.1) is 0 Å². The summed E-state index contributed by atoms with van der Waals surface area (Å²) >= 11 is 0. The molecule has 0 unspecified atom stereocenters. The number of benzene rings is 1. The van der Waals surface area contributed by atoms with Crippen LogP contribution >= 0.6 is 0 Å². The van der Waals surface area contributed by atoms with Gasteiger partial charge in [0.25, 0.3) is 0 Å². The Morgan fingerprint density at radius 1 is 1.18 bits per heavy atom. The molecule has 0 amide bonds. The lowest BCUT2D eigenvalue weighted by molar-refractivity contribution is 0.424. The van der Waals surface area contributed by atoms with E-state index in [4.69, 9.17) is 10.0 Å². The van der Waals surface area contributed by atoms with E-state index in [2.05, 4.69) is 0 Å². The Kier molecular flexibility index (Phi) is 2.89. The highest BCUT2D eigenvalue weighted by Gasteiger charge is 1.96. The minimum atomic E-state index is -1.37. The summed E-state index contributed by atoms with van der Waals surface area (Å²) in [5.74, 6) is 1.31. The molecule has 0 fully saturated rings. The van der Waals surface area contributed by atoms with Crippen LogP contribution in [-0.4, -0.2) is 17.2 Å². The quantitative estimate of drug-likeness (QED) is 0.625. The van der Waals surface area contributed by atoms with Crippen molar-refractivity contribution in [3.8, 4) is 0 Å². The highest BCUT2D eigenvalue weighted by Crippen LogP contribution is 2.00. The predicted octanol–water partition coefficient (Wildman–Crippen LogP) is 1.20. The van der Waals surface area contributed by atoms with E-state index < -0.39 is 7.12 Å². The minimum absolute atomic E-state index is 0. The van der Waals surface area contributed by atoms with Gasteiger partial charge in [0.2, 0.25) is 0 Å². The van der Waals surface area contributed by atoms with E-state index in [1.165, 1.54) is 5.98 Å². The molecule has 3 heteroatoms. The topological polar surface area (TPSA) is 40.5 Å². The Balaban J connectivity index is 0. The summed E-state index contributed by atoms with van der Waals surface area (Å²) in [5, 5.41) is 17.0. The van der Waals surface area contributed by atoms with Crippen molar-refractivity contribution in [1.29, 1.82) is 0 Å². The first kappa shape index (κ1) is 8.05. The highest BCUT2D eigenvalue weighted by atomic mass is 16.4. The van der Waals surface area contributed by atoms with Crippen molar-refractivity contribution in [2.24, 2.45) is 0 Å². The summed E-state index contributed by atoms with van der Waals surface area (Å²) in [6.07, 6.45) is 1.66. The van der Waals surface area contributed by atoms with Crippen LogP contribution < -0.4 is 0 Å². The van der Waals surface area contributed by atoms with Gasteiger partial charge in [0.15, 0.2) is 0 Å². The second kappa shape index (κ2) is 3.96. The maximum absolute atomic E-state index is 8.48. The second-order valence-electron chi connectivity index (χ2n) is 2.18. The standard InChI is InChI=1S/C8H9BO2.2H2/c10-9(11)7-6-8-4-2-1-3-5-8;;/h1-7,10-11H;2*1H/b7-6+;;. The van der Waals surface area contributed by atoms with Crippen molar-refractivity contribution >= 4 is 13.2 Å². The molecule has 0 aliphatic rings. The van der Waals surface area contributed by atoms with Gasteiger partial charge in [0.1, 0.15) is 0 Å².